The van der Waals surface area contributed by atoms with Crippen molar-refractivity contribution >= 4 is 9.47 Å². The molecule has 1 aromatic rings. The van der Waals surface area contributed by atoms with Crippen LogP contribution in [0.1, 0.15) is 69.1 Å². The third-order valence-corrected chi connectivity index (χ3v) is 4.24. The van der Waals surface area contributed by atoms with Crippen molar-refractivity contribution < 1.29 is 9.45 Å². The van der Waals surface area contributed by atoms with Gasteiger partial charge in [-0.3, -0.25) is 10.1 Å². The van der Waals surface area contributed by atoms with Crippen LogP contribution in [0.5, 0.6) is 0 Å². The molecule has 1 aromatic carbocycles. The fourth-order valence-electron chi connectivity index (χ4n) is 2.54. The van der Waals surface area contributed by atoms with Crippen LogP contribution in [0.25, 0.3) is 0 Å². The lowest BCUT2D eigenvalue weighted by Gasteiger charge is -2.14. The van der Waals surface area contributed by atoms with Gasteiger partial charge in [-0.15, -0.1) is 0 Å². The first kappa shape index (κ1) is 19.1. The molecule has 0 aliphatic carbocycles. The van der Waals surface area contributed by atoms with Crippen molar-refractivity contribution in [1.29, 1.82) is 0 Å². The molecule has 0 amide bonds. The van der Waals surface area contributed by atoms with Crippen molar-refractivity contribution in [2.75, 3.05) is 6.54 Å². The van der Waals surface area contributed by atoms with Gasteiger partial charge in [0.05, 0.1) is 6.10 Å². The lowest BCUT2D eigenvalue weighted by atomic mass is 10.0. The van der Waals surface area contributed by atoms with Crippen LogP contribution in [0, 0.1) is 10.1 Å². The highest BCUT2D eigenvalue weighted by Crippen LogP contribution is 2.24. The molecule has 0 aliphatic rings. The Bertz CT molecular complexity index is 422. The molecule has 4 nitrogen and oxygen atoms in total. The van der Waals surface area contributed by atoms with E-state index < -0.39 is 0 Å². The monoisotopic (exact) mass is 325 g/mol. The van der Waals surface area contributed by atoms with Crippen LogP contribution in [-0.2, 0) is 10.9 Å². The molecule has 1 rings (SSSR count). The molecule has 0 spiro atoms. The highest BCUT2D eigenvalue weighted by atomic mass is 31.0. The Morgan fingerprint density at radius 1 is 1.14 bits per heavy atom. The van der Waals surface area contributed by atoms with E-state index >= 15 is 0 Å². The van der Waals surface area contributed by atoms with Gasteiger partial charge >= 0.3 is 0 Å². The summed E-state index contributed by atoms with van der Waals surface area (Å²) in [6.07, 6.45) is 9.11. The first-order valence-electron chi connectivity index (χ1n) is 8.23. The van der Waals surface area contributed by atoms with Gasteiger partial charge in [-0.25, -0.2) is 0 Å². The summed E-state index contributed by atoms with van der Waals surface area (Å²) in [4.78, 5) is 10.2. The van der Waals surface area contributed by atoms with E-state index in [4.69, 9.17) is 4.52 Å². The average molecular weight is 325 g/mol. The summed E-state index contributed by atoms with van der Waals surface area (Å²) in [6.45, 7) is 2.16. The van der Waals surface area contributed by atoms with E-state index in [9.17, 15) is 10.1 Å². The molecule has 0 aromatic heterocycles. The lowest BCUT2D eigenvalue weighted by Crippen LogP contribution is -2.08. The van der Waals surface area contributed by atoms with Crippen LogP contribution in [0.4, 0.5) is 0 Å². The molecule has 2 atom stereocenters. The summed E-state index contributed by atoms with van der Waals surface area (Å²) >= 11 is 0. The van der Waals surface area contributed by atoms with Gasteiger partial charge in [0.1, 0.15) is 0 Å². The standard InChI is InChI=1S/C17H28NO3P/c1-2-3-4-5-6-7-8-15-9-11-16(12-10-15)17(21-22)13-14-18(19)20/h9-12,17H,2-8,13-14,22H2,1H3. The van der Waals surface area contributed by atoms with Gasteiger partial charge in [0.15, 0.2) is 0 Å². The number of rotatable bonds is 12. The molecule has 2 unspecified atom stereocenters. The van der Waals surface area contributed by atoms with Crippen molar-refractivity contribution in [3.8, 4) is 0 Å². The fourth-order valence-corrected chi connectivity index (χ4v) is 2.84. The van der Waals surface area contributed by atoms with Gasteiger partial charge in [-0.2, -0.15) is 0 Å². The van der Waals surface area contributed by atoms with Gasteiger partial charge in [0, 0.05) is 20.8 Å². The van der Waals surface area contributed by atoms with E-state index in [1.807, 2.05) is 12.1 Å². The molecule has 0 saturated carbocycles. The second kappa shape index (κ2) is 11.6. The molecule has 0 bridgehead atoms. The second-order valence-electron chi connectivity index (χ2n) is 5.73. The van der Waals surface area contributed by atoms with Crippen molar-refractivity contribution in [3.05, 3.63) is 45.5 Å². The first-order chi connectivity index (χ1) is 10.7. The summed E-state index contributed by atoms with van der Waals surface area (Å²) in [5.74, 6) is 0. The Balaban J connectivity index is 2.36. The predicted molar refractivity (Wildman–Crippen MR) is 93.5 cm³/mol. The van der Waals surface area contributed by atoms with Crippen molar-refractivity contribution in [2.45, 2.75) is 64.4 Å². The SMILES string of the molecule is CCCCCCCCc1ccc(C(CC[N+](=O)[O-])OP)cc1. The average Bonchev–Trinajstić information content (AvgIpc) is 2.52. The molecule has 5 heteroatoms. The molecule has 0 saturated heterocycles. The summed E-state index contributed by atoms with van der Waals surface area (Å²) in [5.41, 5.74) is 2.33. The van der Waals surface area contributed by atoms with E-state index in [1.54, 1.807) is 0 Å². The second-order valence-corrected chi connectivity index (χ2v) is 6.00. The minimum absolute atomic E-state index is 0.0709. The number of nitro groups is 1. The van der Waals surface area contributed by atoms with Crippen LogP contribution < -0.4 is 0 Å². The number of hydrogen-bond donors (Lipinski definition) is 0. The number of nitrogens with zero attached hydrogens (tertiary/aromatic N) is 1. The molecule has 0 radical (unpaired) electrons. The topological polar surface area (TPSA) is 52.4 Å². The maximum atomic E-state index is 10.5. The fraction of sp³-hybridized carbons (Fsp3) is 0.647. The third kappa shape index (κ3) is 7.86. The number of unbranched alkanes of at least 4 members (excludes halogenated alkanes) is 5. The Labute approximate surface area is 136 Å². The molecule has 124 valence electrons. The van der Waals surface area contributed by atoms with Gasteiger partial charge in [0.2, 0.25) is 6.54 Å². The minimum Gasteiger partial charge on any atom is -0.358 e. The van der Waals surface area contributed by atoms with Crippen LogP contribution in [0.3, 0.4) is 0 Å². The first-order valence-corrected chi connectivity index (χ1v) is 8.70. The highest BCUT2D eigenvalue weighted by molar-refractivity contribution is 7.09. The van der Waals surface area contributed by atoms with E-state index in [2.05, 4.69) is 28.5 Å². The quantitative estimate of drug-likeness (QED) is 0.232. The largest absolute Gasteiger partial charge is 0.358 e. The van der Waals surface area contributed by atoms with Gasteiger partial charge in [0.25, 0.3) is 0 Å². The molecule has 0 fully saturated rings. The Kier molecular flexibility index (Phi) is 10.0. The lowest BCUT2D eigenvalue weighted by molar-refractivity contribution is -0.481. The van der Waals surface area contributed by atoms with E-state index in [-0.39, 0.29) is 17.6 Å². The predicted octanol–water partition coefficient (Wildman–Crippen LogP) is 5.10. The van der Waals surface area contributed by atoms with Crippen LogP contribution >= 0.6 is 9.47 Å². The van der Waals surface area contributed by atoms with Crippen molar-refractivity contribution in [3.63, 3.8) is 0 Å². The van der Waals surface area contributed by atoms with Gasteiger partial charge < -0.3 is 4.52 Å². The summed E-state index contributed by atoms with van der Waals surface area (Å²) in [7, 11) is 2.21. The molecular formula is C17H28NO3P. The maximum absolute atomic E-state index is 10.5. The molecule has 22 heavy (non-hydrogen) atoms. The molecule has 0 N–H and O–H groups in total. The summed E-state index contributed by atoms with van der Waals surface area (Å²) in [6, 6.07) is 8.29. The van der Waals surface area contributed by atoms with E-state index in [1.165, 1.54) is 44.1 Å². The molecular weight excluding hydrogens is 297 g/mol. The number of aryl methyl sites for hydroxylation is 1. The smallest absolute Gasteiger partial charge is 0.206 e. The van der Waals surface area contributed by atoms with Crippen LogP contribution in [-0.4, -0.2) is 11.5 Å². The minimum atomic E-state index is -0.302. The van der Waals surface area contributed by atoms with Crippen LogP contribution in [0.2, 0.25) is 0 Å². The van der Waals surface area contributed by atoms with E-state index in [0.717, 1.165) is 12.0 Å². The molecule has 0 aliphatic heterocycles. The van der Waals surface area contributed by atoms with E-state index in [0.29, 0.717) is 6.42 Å². The molecule has 0 heterocycles. The maximum Gasteiger partial charge on any atom is 0.206 e. The summed E-state index contributed by atoms with van der Waals surface area (Å²) in [5, 5.41) is 10.5. The highest BCUT2D eigenvalue weighted by Gasteiger charge is 2.13. The van der Waals surface area contributed by atoms with Gasteiger partial charge in [-0.1, -0.05) is 63.3 Å². The normalized spacial score (nSPS) is 12.3. The Morgan fingerprint density at radius 3 is 2.36 bits per heavy atom. The third-order valence-electron chi connectivity index (χ3n) is 3.91. The zero-order valence-electron chi connectivity index (χ0n) is 13.5. The Hall–Kier alpha value is -0.990. The summed E-state index contributed by atoms with van der Waals surface area (Å²) < 4.78 is 5.27. The number of benzene rings is 1. The van der Waals surface area contributed by atoms with Crippen molar-refractivity contribution in [1.82, 2.24) is 0 Å². The van der Waals surface area contributed by atoms with Gasteiger partial charge in [-0.05, 0) is 24.0 Å². The van der Waals surface area contributed by atoms with Crippen LogP contribution in [0.15, 0.2) is 24.3 Å². The van der Waals surface area contributed by atoms with Crippen molar-refractivity contribution in [2.24, 2.45) is 0 Å². The zero-order chi connectivity index (χ0) is 16.2. The number of hydrogen-bond acceptors (Lipinski definition) is 3. The Morgan fingerprint density at radius 2 is 1.77 bits per heavy atom. The zero-order valence-corrected chi connectivity index (χ0v) is 14.7.